The number of esters is 3. The molecule has 9 nitrogen and oxygen atoms in total. The topological polar surface area (TPSA) is 140 Å². The fraction of sp³-hybridized carbons (Fsp3) is 0.316. The van der Waals surface area contributed by atoms with E-state index >= 15 is 0 Å². The van der Waals surface area contributed by atoms with Crippen molar-refractivity contribution < 1.29 is 33.3 Å². The van der Waals surface area contributed by atoms with Crippen molar-refractivity contribution in [2.75, 3.05) is 31.8 Å². The first-order valence-corrected chi connectivity index (χ1v) is 9.99. The molecule has 0 bridgehead atoms. The van der Waals surface area contributed by atoms with Crippen molar-refractivity contribution in [2.24, 2.45) is 0 Å². The summed E-state index contributed by atoms with van der Waals surface area (Å²) in [4.78, 5) is 37.3. The van der Waals surface area contributed by atoms with Crippen LogP contribution in [0.2, 0.25) is 5.02 Å². The summed E-state index contributed by atoms with van der Waals surface area (Å²) >= 11 is 6.84. The lowest BCUT2D eigenvalue weighted by molar-refractivity contribution is 0.0435. The summed E-state index contributed by atoms with van der Waals surface area (Å²) in [7, 11) is 1.36. The number of hydrogen-bond acceptors (Lipinski definition) is 10. The third-order valence-electron chi connectivity index (χ3n) is 3.86. The van der Waals surface area contributed by atoms with Crippen molar-refractivity contribution in [1.82, 2.24) is 0 Å². The largest absolute Gasteiger partial charge is 0.496 e. The van der Waals surface area contributed by atoms with Gasteiger partial charge in [0.2, 0.25) is 0 Å². The van der Waals surface area contributed by atoms with Gasteiger partial charge in [0.1, 0.15) is 33.4 Å². The number of thiophene rings is 1. The Balaban J connectivity index is 2.39. The highest BCUT2D eigenvalue weighted by molar-refractivity contribution is 7.18. The van der Waals surface area contributed by atoms with E-state index in [1.165, 1.54) is 19.2 Å². The normalized spacial score (nSPS) is 10.4. The zero-order valence-corrected chi connectivity index (χ0v) is 18.1. The standard InChI is InChI=1S/C19H21ClN2O7S/c1-4-27-18(24)14-10(15(30-16(14)22)19(25)28-5-2)8-29-17(23)9-6-11(20)12(21)7-13(9)26-3/h6-7H,4-5,8,21-22H2,1-3H3. The van der Waals surface area contributed by atoms with Crippen LogP contribution < -0.4 is 16.2 Å². The first-order chi connectivity index (χ1) is 14.2. The molecular weight excluding hydrogens is 436 g/mol. The maximum absolute atomic E-state index is 12.6. The highest BCUT2D eigenvalue weighted by Gasteiger charge is 2.29. The summed E-state index contributed by atoms with van der Waals surface area (Å²) in [6, 6.07) is 2.69. The quantitative estimate of drug-likeness (QED) is 0.347. The molecule has 0 aliphatic heterocycles. The van der Waals surface area contributed by atoms with Crippen LogP contribution in [0, 0.1) is 0 Å². The number of rotatable bonds is 8. The van der Waals surface area contributed by atoms with E-state index in [-0.39, 0.29) is 56.2 Å². The molecule has 0 saturated heterocycles. The second-order valence-electron chi connectivity index (χ2n) is 5.74. The molecule has 0 atom stereocenters. The van der Waals surface area contributed by atoms with E-state index < -0.39 is 24.5 Å². The Morgan fingerprint density at radius 2 is 1.63 bits per heavy atom. The van der Waals surface area contributed by atoms with Crippen LogP contribution in [0.15, 0.2) is 12.1 Å². The average Bonchev–Trinajstić information content (AvgIpc) is 3.04. The summed E-state index contributed by atoms with van der Waals surface area (Å²) in [6.45, 7) is 3.05. The SMILES string of the molecule is CCOC(=O)c1sc(N)c(C(=O)OCC)c1COC(=O)c1cc(Cl)c(N)cc1OC. The van der Waals surface area contributed by atoms with Gasteiger partial charge in [-0.3, -0.25) is 0 Å². The summed E-state index contributed by atoms with van der Waals surface area (Å²) in [5.74, 6) is -2.07. The van der Waals surface area contributed by atoms with Gasteiger partial charge < -0.3 is 30.4 Å². The Labute approximate surface area is 181 Å². The minimum atomic E-state index is -0.803. The van der Waals surface area contributed by atoms with Crippen molar-refractivity contribution in [3.63, 3.8) is 0 Å². The van der Waals surface area contributed by atoms with Gasteiger partial charge in [0.15, 0.2) is 0 Å². The van der Waals surface area contributed by atoms with E-state index in [9.17, 15) is 14.4 Å². The molecule has 11 heteroatoms. The van der Waals surface area contributed by atoms with Crippen LogP contribution in [-0.2, 0) is 20.8 Å². The monoisotopic (exact) mass is 456 g/mol. The zero-order chi connectivity index (χ0) is 22.4. The van der Waals surface area contributed by atoms with Gasteiger partial charge in [-0.2, -0.15) is 0 Å². The van der Waals surface area contributed by atoms with Gasteiger partial charge in [-0.1, -0.05) is 11.6 Å². The molecular formula is C19H21ClN2O7S. The minimum Gasteiger partial charge on any atom is -0.496 e. The number of benzene rings is 1. The highest BCUT2D eigenvalue weighted by atomic mass is 35.5. The minimum absolute atomic E-state index is 0.0234. The molecule has 2 rings (SSSR count). The number of hydrogen-bond donors (Lipinski definition) is 2. The molecule has 162 valence electrons. The van der Waals surface area contributed by atoms with Crippen LogP contribution >= 0.6 is 22.9 Å². The lowest BCUT2D eigenvalue weighted by atomic mass is 10.1. The van der Waals surface area contributed by atoms with Gasteiger partial charge >= 0.3 is 17.9 Å². The number of nitrogen functional groups attached to an aromatic ring is 2. The molecule has 0 unspecified atom stereocenters. The Morgan fingerprint density at radius 3 is 2.23 bits per heavy atom. The molecule has 4 N–H and O–H groups in total. The number of methoxy groups -OCH3 is 1. The zero-order valence-electron chi connectivity index (χ0n) is 16.6. The van der Waals surface area contributed by atoms with E-state index in [2.05, 4.69) is 0 Å². The summed E-state index contributed by atoms with van der Waals surface area (Å²) < 4.78 is 20.5. The number of ether oxygens (including phenoxy) is 4. The first kappa shape index (κ1) is 23.3. The lowest BCUT2D eigenvalue weighted by Crippen LogP contribution is -2.14. The molecule has 0 aliphatic rings. The van der Waals surface area contributed by atoms with E-state index in [1.807, 2.05) is 0 Å². The molecule has 1 aromatic carbocycles. The van der Waals surface area contributed by atoms with Crippen molar-refractivity contribution in [3.05, 3.63) is 38.7 Å². The molecule has 0 spiro atoms. The second-order valence-corrected chi connectivity index (χ2v) is 7.20. The van der Waals surface area contributed by atoms with Crippen LogP contribution in [0.3, 0.4) is 0 Å². The average molecular weight is 457 g/mol. The smallest absolute Gasteiger partial charge is 0.348 e. The Bertz CT molecular complexity index is 974. The van der Waals surface area contributed by atoms with Gasteiger partial charge in [-0.25, -0.2) is 14.4 Å². The lowest BCUT2D eigenvalue weighted by Gasteiger charge is -2.12. The van der Waals surface area contributed by atoms with Gasteiger partial charge in [-0.15, -0.1) is 11.3 Å². The summed E-state index contributed by atoms with van der Waals surface area (Å²) in [5.41, 5.74) is 12.0. The van der Waals surface area contributed by atoms with Crippen LogP contribution in [-0.4, -0.2) is 38.2 Å². The molecule has 0 fully saturated rings. The third-order valence-corrected chi connectivity index (χ3v) is 5.23. The highest BCUT2D eigenvalue weighted by Crippen LogP contribution is 2.34. The first-order valence-electron chi connectivity index (χ1n) is 8.80. The number of anilines is 2. The molecule has 0 amide bonds. The van der Waals surface area contributed by atoms with Crippen molar-refractivity contribution in [3.8, 4) is 5.75 Å². The van der Waals surface area contributed by atoms with Crippen LogP contribution in [0.5, 0.6) is 5.75 Å². The van der Waals surface area contributed by atoms with Gasteiger partial charge in [0.05, 0.1) is 31.0 Å². The Hall–Kier alpha value is -2.98. The molecule has 30 heavy (non-hydrogen) atoms. The van der Waals surface area contributed by atoms with E-state index in [1.54, 1.807) is 13.8 Å². The predicted octanol–water partition coefficient (Wildman–Crippen LogP) is 3.28. The molecule has 2 aromatic rings. The third kappa shape index (κ3) is 4.95. The summed E-state index contributed by atoms with van der Waals surface area (Å²) in [6.07, 6.45) is 0. The predicted molar refractivity (Wildman–Crippen MR) is 112 cm³/mol. The van der Waals surface area contributed by atoms with Crippen LogP contribution in [0.25, 0.3) is 0 Å². The maximum Gasteiger partial charge on any atom is 0.348 e. The maximum atomic E-state index is 12.6. The van der Waals surface area contributed by atoms with Crippen molar-refractivity contribution in [1.29, 1.82) is 0 Å². The van der Waals surface area contributed by atoms with Gasteiger partial charge in [-0.05, 0) is 19.9 Å². The van der Waals surface area contributed by atoms with E-state index in [4.69, 9.17) is 42.0 Å². The number of nitrogens with two attached hydrogens (primary N) is 2. The second kappa shape index (κ2) is 10.2. The molecule has 0 radical (unpaired) electrons. The summed E-state index contributed by atoms with van der Waals surface area (Å²) in [5, 5.41) is 0.192. The molecule has 0 aliphatic carbocycles. The van der Waals surface area contributed by atoms with Crippen molar-refractivity contribution in [2.45, 2.75) is 20.5 Å². The Morgan fingerprint density at radius 1 is 1.00 bits per heavy atom. The fourth-order valence-corrected chi connectivity index (χ4v) is 3.64. The molecule has 0 saturated carbocycles. The molecule has 1 aromatic heterocycles. The number of carbonyl (C=O) groups excluding carboxylic acids is 3. The van der Waals surface area contributed by atoms with Crippen LogP contribution in [0.4, 0.5) is 10.7 Å². The van der Waals surface area contributed by atoms with E-state index in [0.717, 1.165) is 11.3 Å². The number of halogens is 1. The van der Waals surface area contributed by atoms with Gasteiger partial charge in [0, 0.05) is 11.6 Å². The number of carbonyl (C=O) groups is 3. The Kier molecular flexibility index (Phi) is 7.90. The molecule has 1 heterocycles. The van der Waals surface area contributed by atoms with Crippen molar-refractivity contribution >= 4 is 51.5 Å². The van der Waals surface area contributed by atoms with E-state index in [0.29, 0.717) is 0 Å². The fourth-order valence-electron chi connectivity index (χ4n) is 2.52. The van der Waals surface area contributed by atoms with Gasteiger partial charge in [0.25, 0.3) is 0 Å². The van der Waals surface area contributed by atoms with Crippen LogP contribution in [0.1, 0.15) is 49.8 Å².